The highest BCUT2D eigenvalue weighted by atomic mass is 35.5. The van der Waals surface area contributed by atoms with Gasteiger partial charge in [-0.2, -0.15) is 0 Å². The Morgan fingerprint density at radius 1 is 0.844 bits per heavy atom. The quantitative estimate of drug-likeness (QED) is 0.457. The van der Waals surface area contributed by atoms with Crippen LogP contribution in [0.5, 0.6) is 0 Å². The summed E-state index contributed by atoms with van der Waals surface area (Å²) in [7, 11) is -3.86. The number of rotatable bonds is 8. The van der Waals surface area contributed by atoms with Gasteiger partial charge in [0.15, 0.2) is 0 Å². The summed E-state index contributed by atoms with van der Waals surface area (Å²) < 4.78 is 40.0. The van der Waals surface area contributed by atoms with Crippen molar-refractivity contribution in [3.05, 3.63) is 89.2 Å². The summed E-state index contributed by atoms with van der Waals surface area (Å²) in [6, 6.07) is 16.9. The molecule has 0 unspecified atom stereocenters. The molecule has 3 rings (SSSR count). The lowest BCUT2D eigenvalue weighted by Crippen LogP contribution is -2.27. The molecular formula is C22H19ClFN3O4S. The van der Waals surface area contributed by atoms with Crippen LogP contribution in [0.15, 0.2) is 77.7 Å². The summed E-state index contributed by atoms with van der Waals surface area (Å²) >= 11 is 5.78. The Kier molecular flexibility index (Phi) is 7.45. The summed E-state index contributed by atoms with van der Waals surface area (Å²) in [5.41, 5.74) is 1.18. The van der Waals surface area contributed by atoms with E-state index in [1.54, 1.807) is 24.3 Å². The molecule has 0 radical (unpaired) electrons. The summed E-state index contributed by atoms with van der Waals surface area (Å²) in [6.07, 6.45) is 0.0538. The molecule has 3 aromatic rings. The fraction of sp³-hybridized carbons (Fsp3) is 0.0909. The number of carbonyl (C=O) groups is 2. The van der Waals surface area contributed by atoms with Gasteiger partial charge in [-0.05, 0) is 72.8 Å². The van der Waals surface area contributed by atoms with E-state index in [2.05, 4.69) is 15.4 Å². The van der Waals surface area contributed by atoms with Gasteiger partial charge in [0, 0.05) is 34.9 Å². The Morgan fingerprint density at radius 3 is 2.06 bits per heavy atom. The topological polar surface area (TPSA) is 104 Å². The lowest BCUT2D eigenvalue weighted by atomic mass is 10.2. The number of anilines is 2. The van der Waals surface area contributed by atoms with Crippen molar-refractivity contribution >= 4 is 44.8 Å². The average Bonchev–Trinajstić information content (AvgIpc) is 2.75. The summed E-state index contributed by atoms with van der Waals surface area (Å²) in [6.45, 7) is 0.142. The number of hydrogen-bond donors (Lipinski definition) is 3. The summed E-state index contributed by atoms with van der Waals surface area (Å²) in [5.74, 6) is -1.16. The molecule has 0 saturated heterocycles. The van der Waals surface area contributed by atoms with E-state index in [4.69, 9.17) is 11.6 Å². The first-order valence-electron chi connectivity index (χ1n) is 9.45. The third-order valence-corrected chi connectivity index (χ3v) is 5.94. The monoisotopic (exact) mass is 475 g/mol. The highest BCUT2D eigenvalue weighted by molar-refractivity contribution is 7.92. The number of halogens is 2. The molecule has 0 aromatic heterocycles. The van der Waals surface area contributed by atoms with E-state index in [1.165, 1.54) is 24.3 Å². The first-order chi connectivity index (χ1) is 15.2. The van der Waals surface area contributed by atoms with Gasteiger partial charge in [-0.15, -0.1) is 0 Å². The average molecular weight is 476 g/mol. The second kappa shape index (κ2) is 10.3. The maximum absolute atomic E-state index is 13.0. The van der Waals surface area contributed by atoms with Crippen LogP contribution in [0, 0.1) is 5.82 Å². The zero-order valence-electron chi connectivity index (χ0n) is 16.6. The third-order valence-electron chi connectivity index (χ3n) is 4.29. The van der Waals surface area contributed by atoms with E-state index < -0.39 is 15.8 Å². The van der Waals surface area contributed by atoms with E-state index in [-0.39, 0.29) is 35.4 Å². The van der Waals surface area contributed by atoms with Gasteiger partial charge in [-0.1, -0.05) is 11.6 Å². The van der Waals surface area contributed by atoms with Crippen molar-refractivity contribution in [1.82, 2.24) is 5.32 Å². The van der Waals surface area contributed by atoms with E-state index in [1.807, 2.05) is 0 Å². The molecule has 0 spiro atoms. The maximum Gasteiger partial charge on any atom is 0.261 e. The highest BCUT2D eigenvalue weighted by Crippen LogP contribution is 2.19. The van der Waals surface area contributed by atoms with Gasteiger partial charge in [0.05, 0.1) is 4.90 Å². The zero-order valence-corrected chi connectivity index (χ0v) is 18.2. The smallest absolute Gasteiger partial charge is 0.261 e. The number of sulfonamides is 1. The molecule has 3 N–H and O–H groups in total. The van der Waals surface area contributed by atoms with E-state index in [9.17, 15) is 22.4 Å². The van der Waals surface area contributed by atoms with Crippen LogP contribution in [0.3, 0.4) is 0 Å². The highest BCUT2D eigenvalue weighted by Gasteiger charge is 2.14. The molecule has 0 saturated carbocycles. The largest absolute Gasteiger partial charge is 0.352 e. The van der Waals surface area contributed by atoms with Crippen molar-refractivity contribution in [1.29, 1.82) is 0 Å². The van der Waals surface area contributed by atoms with Gasteiger partial charge in [-0.25, -0.2) is 12.8 Å². The fourth-order valence-electron chi connectivity index (χ4n) is 2.67. The van der Waals surface area contributed by atoms with Gasteiger partial charge >= 0.3 is 0 Å². The lowest BCUT2D eigenvalue weighted by Gasteiger charge is -2.10. The molecule has 10 heteroatoms. The molecule has 0 aliphatic carbocycles. The van der Waals surface area contributed by atoms with Crippen LogP contribution in [0.2, 0.25) is 5.02 Å². The molecule has 0 aliphatic rings. The van der Waals surface area contributed by atoms with Crippen LogP contribution in [0.1, 0.15) is 16.8 Å². The predicted octanol–water partition coefficient (Wildman–Crippen LogP) is 4.04. The summed E-state index contributed by atoms with van der Waals surface area (Å²) in [5, 5.41) is 5.83. The predicted molar refractivity (Wildman–Crippen MR) is 121 cm³/mol. The van der Waals surface area contributed by atoms with Crippen LogP contribution in [0.25, 0.3) is 0 Å². The number of nitrogens with one attached hydrogen (secondary N) is 3. The standard InChI is InChI=1S/C22H19ClFN3O4S/c23-16-3-1-15(2-4-16)22(29)25-14-13-21(28)26-18-7-9-19(10-8-18)27-32(30,31)20-11-5-17(24)6-12-20/h1-12,27H,13-14H2,(H,25,29)(H,26,28). The van der Waals surface area contributed by atoms with E-state index in [0.717, 1.165) is 24.3 Å². The Morgan fingerprint density at radius 2 is 1.44 bits per heavy atom. The number of amides is 2. The molecule has 7 nitrogen and oxygen atoms in total. The van der Waals surface area contributed by atoms with Crippen LogP contribution in [-0.4, -0.2) is 26.8 Å². The van der Waals surface area contributed by atoms with Crippen LogP contribution < -0.4 is 15.4 Å². The maximum atomic E-state index is 13.0. The first-order valence-corrected chi connectivity index (χ1v) is 11.3. The van der Waals surface area contributed by atoms with Gasteiger partial charge in [0.2, 0.25) is 5.91 Å². The Labute approximate surface area is 189 Å². The second-order valence-electron chi connectivity index (χ2n) is 6.70. The van der Waals surface area contributed by atoms with Crippen molar-refractivity contribution < 1.29 is 22.4 Å². The molecule has 0 fully saturated rings. The Bertz CT molecular complexity index is 1200. The van der Waals surface area contributed by atoms with Crippen LogP contribution in [-0.2, 0) is 14.8 Å². The molecule has 0 bridgehead atoms. The van der Waals surface area contributed by atoms with E-state index >= 15 is 0 Å². The molecular weight excluding hydrogens is 457 g/mol. The second-order valence-corrected chi connectivity index (χ2v) is 8.82. The van der Waals surface area contributed by atoms with Crippen LogP contribution in [0.4, 0.5) is 15.8 Å². The van der Waals surface area contributed by atoms with Gasteiger partial charge in [0.25, 0.3) is 15.9 Å². The molecule has 0 heterocycles. The fourth-order valence-corrected chi connectivity index (χ4v) is 3.85. The summed E-state index contributed by atoms with van der Waals surface area (Å²) in [4.78, 5) is 24.0. The van der Waals surface area contributed by atoms with Gasteiger partial charge in [0.1, 0.15) is 5.82 Å². The van der Waals surface area contributed by atoms with Crippen molar-refractivity contribution in [3.63, 3.8) is 0 Å². The van der Waals surface area contributed by atoms with Crippen molar-refractivity contribution in [3.8, 4) is 0 Å². The van der Waals surface area contributed by atoms with Crippen molar-refractivity contribution in [2.75, 3.05) is 16.6 Å². The number of benzene rings is 3. The SMILES string of the molecule is O=C(CCNC(=O)c1ccc(Cl)cc1)Nc1ccc(NS(=O)(=O)c2ccc(F)cc2)cc1. The van der Waals surface area contributed by atoms with Gasteiger partial charge in [-0.3, -0.25) is 14.3 Å². The molecule has 3 aromatic carbocycles. The number of hydrogen-bond acceptors (Lipinski definition) is 4. The minimum absolute atomic E-state index is 0.0538. The molecule has 2 amide bonds. The minimum atomic E-state index is -3.86. The first kappa shape index (κ1) is 23.2. The van der Waals surface area contributed by atoms with Crippen molar-refractivity contribution in [2.45, 2.75) is 11.3 Å². The molecule has 0 aliphatic heterocycles. The lowest BCUT2D eigenvalue weighted by molar-refractivity contribution is -0.116. The van der Waals surface area contributed by atoms with Crippen LogP contribution >= 0.6 is 11.6 Å². The van der Waals surface area contributed by atoms with Gasteiger partial charge < -0.3 is 10.6 Å². The third kappa shape index (κ3) is 6.53. The van der Waals surface area contributed by atoms with Crippen molar-refractivity contribution in [2.24, 2.45) is 0 Å². The molecule has 166 valence electrons. The zero-order chi connectivity index (χ0) is 23.1. The number of carbonyl (C=O) groups excluding carboxylic acids is 2. The normalized spacial score (nSPS) is 10.9. The molecule has 0 atom stereocenters. The minimum Gasteiger partial charge on any atom is -0.352 e. The van der Waals surface area contributed by atoms with E-state index in [0.29, 0.717) is 16.3 Å². The molecule has 32 heavy (non-hydrogen) atoms. The Hall–Kier alpha value is -3.43. The Balaban J connectivity index is 1.48.